The molecule has 0 aromatic heterocycles. The van der Waals surface area contributed by atoms with Crippen LogP contribution in [0.15, 0.2) is 60.7 Å². The Labute approximate surface area is 122 Å². The first-order chi connectivity index (χ1) is 9.81. The van der Waals surface area contributed by atoms with Crippen LogP contribution in [0.3, 0.4) is 0 Å². The van der Waals surface area contributed by atoms with E-state index in [4.69, 9.17) is 4.43 Å². The maximum atomic E-state index is 12.0. The molecule has 0 N–H and O–H groups in total. The van der Waals surface area contributed by atoms with Crippen LogP contribution in [0.1, 0.15) is 26.2 Å². The standard InChI is InChI=1S/C17H20O2Si/c1-2-3-14-17(18)19-20(15-10-6-4-7-11-15)16-12-8-5-9-13-16/h4-13,20H,2-3,14H2,1H3. The molecule has 0 saturated heterocycles. The highest BCUT2D eigenvalue weighted by Gasteiger charge is 2.21. The van der Waals surface area contributed by atoms with E-state index in [0.29, 0.717) is 6.42 Å². The molecule has 0 spiro atoms. The molecule has 2 nitrogen and oxygen atoms in total. The first-order valence-corrected chi connectivity index (χ1v) is 8.73. The quantitative estimate of drug-likeness (QED) is 0.761. The van der Waals surface area contributed by atoms with E-state index in [1.54, 1.807) is 0 Å². The van der Waals surface area contributed by atoms with Crippen molar-refractivity contribution in [1.82, 2.24) is 0 Å². The van der Waals surface area contributed by atoms with Crippen LogP contribution in [0, 0.1) is 0 Å². The zero-order valence-electron chi connectivity index (χ0n) is 11.8. The molecule has 20 heavy (non-hydrogen) atoms. The molecule has 0 bridgehead atoms. The van der Waals surface area contributed by atoms with Gasteiger partial charge in [0.1, 0.15) is 0 Å². The Hall–Kier alpha value is -1.87. The molecule has 0 radical (unpaired) electrons. The largest absolute Gasteiger partial charge is 0.513 e. The van der Waals surface area contributed by atoms with Crippen molar-refractivity contribution in [3.05, 3.63) is 60.7 Å². The summed E-state index contributed by atoms with van der Waals surface area (Å²) in [5, 5.41) is 2.28. The molecule has 104 valence electrons. The Bertz CT molecular complexity index is 486. The Balaban J connectivity index is 2.19. The molecule has 0 amide bonds. The fraction of sp³-hybridized carbons (Fsp3) is 0.235. The van der Waals surface area contributed by atoms with Crippen molar-refractivity contribution >= 4 is 25.4 Å². The lowest BCUT2D eigenvalue weighted by molar-refractivity contribution is -0.134. The first-order valence-electron chi connectivity index (χ1n) is 7.10. The molecule has 2 rings (SSSR count). The van der Waals surface area contributed by atoms with Crippen molar-refractivity contribution < 1.29 is 9.22 Å². The highest BCUT2D eigenvalue weighted by Crippen LogP contribution is 2.00. The third-order valence-electron chi connectivity index (χ3n) is 3.19. The lowest BCUT2D eigenvalue weighted by Gasteiger charge is -2.17. The van der Waals surface area contributed by atoms with Crippen LogP contribution in [-0.4, -0.2) is 15.0 Å². The van der Waals surface area contributed by atoms with Gasteiger partial charge in [0.25, 0.3) is 5.97 Å². The van der Waals surface area contributed by atoms with E-state index < -0.39 is 9.04 Å². The third-order valence-corrected chi connectivity index (χ3v) is 5.67. The molecule has 0 fully saturated rings. The lowest BCUT2D eigenvalue weighted by Crippen LogP contribution is -2.46. The molecule has 0 atom stereocenters. The number of benzene rings is 2. The summed E-state index contributed by atoms with van der Waals surface area (Å²) in [7, 11) is -1.90. The van der Waals surface area contributed by atoms with Gasteiger partial charge < -0.3 is 4.43 Å². The SMILES string of the molecule is CCCCC(=O)O[SiH](c1ccccc1)c1ccccc1. The van der Waals surface area contributed by atoms with Crippen LogP contribution in [0.5, 0.6) is 0 Å². The summed E-state index contributed by atoms with van der Waals surface area (Å²) in [5.74, 6) is -0.0729. The van der Waals surface area contributed by atoms with Crippen LogP contribution in [0.25, 0.3) is 0 Å². The Morgan fingerprint density at radius 2 is 1.45 bits per heavy atom. The van der Waals surface area contributed by atoms with Gasteiger partial charge in [0, 0.05) is 6.42 Å². The topological polar surface area (TPSA) is 26.3 Å². The summed E-state index contributed by atoms with van der Waals surface area (Å²) in [4.78, 5) is 12.0. The van der Waals surface area contributed by atoms with E-state index in [1.807, 2.05) is 36.4 Å². The van der Waals surface area contributed by atoms with Crippen LogP contribution >= 0.6 is 0 Å². The molecular weight excluding hydrogens is 264 g/mol. The van der Waals surface area contributed by atoms with E-state index in [-0.39, 0.29) is 5.97 Å². The van der Waals surface area contributed by atoms with Gasteiger partial charge in [0.2, 0.25) is 0 Å². The number of hydrogen-bond acceptors (Lipinski definition) is 2. The fourth-order valence-electron chi connectivity index (χ4n) is 2.10. The van der Waals surface area contributed by atoms with Gasteiger partial charge in [-0.25, -0.2) is 0 Å². The Morgan fingerprint density at radius 3 is 1.90 bits per heavy atom. The molecule has 0 aliphatic carbocycles. The van der Waals surface area contributed by atoms with Gasteiger partial charge >= 0.3 is 9.04 Å². The predicted octanol–water partition coefficient (Wildman–Crippen LogP) is 2.26. The molecule has 0 saturated carbocycles. The minimum Gasteiger partial charge on any atom is -0.513 e. The van der Waals surface area contributed by atoms with Crippen LogP contribution in [0.2, 0.25) is 0 Å². The Morgan fingerprint density at radius 1 is 0.950 bits per heavy atom. The third kappa shape index (κ3) is 4.07. The summed E-state index contributed by atoms with van der Waals surface area (Å²) in [6, 6.07) is 20.2. The van der Waals surface area contributed by atoms with Crippen molar-refractivity contribution in [3.63, 3.8) is 0 Å². The van der Waals surface area contributed by atoms with Crippen LogP contribution < -0.4 is 10.4 Å². The van der Waals surface area contributed by atoms with Crippen molar-refractivity contribution in [2.45, 2.75) is 26.2 Å². The van der Waals surface area contributed by atoms with E-state index in [9.17, 15) is 4.79 Å². The zero-order valence-corrected chi connectivity index (χ0v) is 12.9. The van der Waals surface area contributed by atoms with Gasteiger partial charge in [-0.15, -0.1) is 0 Å². The number of carbonyl (C=O) groups excluding carboxylic acids is 1. The normalized spacial score (nSPS) is 10.5. The van der Waals surface area contributed by atoms with Gasteiger partial charge in [0.05, 0.1) is 0 Å². The van der Waals surface area contributed by atoms with Gasteiger partial charge in [-0.1, -0.05) is 74.0 Å². The number of rotatable bonds is 6. The van der Waals surface area contributed by atoms with Crippen molar-refractivity contribution in [1.29, 1.82) is 0 Å². The number of unbranched alkanes of at least 4 members (excludes halogenated alkanes) is 1. The Kier molecular flexibility index (Phi) is 5.56. The maximum absolute atomic E-state index is 12.0. The monoisotopic (exact) mass is 284 g/mol. The van der Waals surface area contributed by atoms with Gasteiger partial charge in [0.15, 0.2) is 0 Å². The number of hydrogen-bond donors (Lipinski definition) is 0. The van der Waals surface area contributed by atoms with Gasteiger partial charge in [-0.05, 0) is 16.8 Å². The lowest BCUT2D eigenvalue weighted by atomic mass is 10.3. The summed E-state index contributed by atoms with van der Waals surface area (Å²) in [5.41, 5.74) is 0. The summed E-state index contributed by atoms with van der Waals surface area (Å²) >= 11 is 0. The van der Waals surface area contributed by atoms with E-state index >= 15 is 0 Å². The van der Waals surface area contributed by atoms with E-state index in [0.717, 1.165) is 23.2 Å². The molecule has 0 heterocycles. The highest BCUT2D eigenvalue weighted by atomic mass is 28.3. The second kappa shape index (κ2) is 7.65. The average molecular weight is 284 g/mol. The van der Waals surface area contributed by atoms with Crippen molar-refractivity contribution in [3.8, 4) is 0 Å². The summed E-state index contributed by atoms with van der Waals surface area (Å²) < 4.78 is 5.82. The highest BCUT2D eigenvalue weighted by molar-refractivity contribution is 6.81. The van der Waals surface area contributed by atoms with Crippen molar-refractivity contribution in [2.75, 3.05) is 0 Å². The molecule has 2 aromatic carbocycles. The molecular formula is C17H20O2Si. The van der Waals surface area contributed by atoms with E-state index in [2.05, 4.69) is 31.2 Å². The smallest absolute Gasteiger partial charge is 0.302 e. The average Bonchev–Trinajstić information content (AvgIpc) is 2.52. The minimum absolute atomic E-state index is 0.0729. The molecule has 0 aliphatic rings. The van der Waals surface area contributed by atoms with Crippen molar-refractivity contribution in [2.24, 2.45) is 0 Å². The predicted molar refractivity (Wildman–Crippen MR) is 84.9 cm³/mol. The second-order valence-electron chi connectivity index (χ2n) is 4.79. The molecule has 2 aromatic rings. The zero-order chi connectivity index (χ0) is 14.2. The van der Waals surface area contributed by atoms with Gasteiger partial charge in [-0.3, -0.25) is 4.79 Å². The van der Waals surface area contributed by atoms with E-state index in [1.165, 1.54) is 0 Å². The molecule has 3 heteroatoms. The summed E-state index contributed by atoms with van der Waals surface area (Å²) in [6.07, 6.45) is 2.42. The minimum atomic E-state index is -1.90. The summed E-state index contributed by atoms with van der Waals surface area (Å²) in [6.45, 7) is 2.08. The fourth-order valence-corrected chi connectivity index (χ4v) is 4.28. The second-order valence-corrected chi connectivity index (χ2v) is 7.12. The number of carbonyl (C=O) groups is 1. The van der Waals surface area contributed by atoms with Gasteiger partial charge in [-0.2, -0.15) is 0 Å². The molecule has 0 aliphatic heterocycles. The molecule has 0 unspecified atom stereocenters. The first kappa shape index (κ1) is 14.5. The van der Waals surface area contributed by atoms with Crippen LogP contribution in [0.4, 0.5) is 0 Å². The maximum Gasteiger partial charge on any atom is 0.302 e. The van der Waals surface area contributed by atoms with Crippen LogP contribution in [-0.2, 0) is 9.22 Å².